The number of hydrogen-bond donors (Lipinski definition) is 2. The highest BCUT2D eigenvalue weighted by Gasteiger charge is 2.35. The van der Waals surface area contributed by atoms with Crippen LogP contribution in [-0.2, 0) is 16.0 Å². The average Bonchev–Trinajstić information content (AvgIpc) is 3.04. The number of rotatable bonds is 9. The fraction of sp³-hybridized carbons (Fsp3) is 0.292. The van der Waals surface area contributed by atoms with Crippen molar-refractivity contribution < 1.29 is 23.9 Å². The van der Waals surface area contributed by atoms with Crippen molar-refractivity contribution in [3.63, 3.8) is 0 Å². The summed E-state index contributed by atoms with van der Waals surface area (Å²) in [6.45, 7) is 6.24. The van der Waals surface area contributed by atoms with Crippen LogP contribution in [-0.4, -0.2) is 42.5 Å². The first-order valence-electron chi connectivity index (χ1n) is 10.7. The number of nitrogens with zero attached hydrogens (tertiary/aromatic N) is 1. The molecule has 8 nitrogen and oxygen atoms in total. The summed E-state index contributed by atoms with van der Waals surface area (Å²) in [4.78, 5) is 38.6. The molecule has 1 saturated heterocycles. The van der Waals surface area contributed by atoms with Gasteiger partial charge in [0.05, 0.1) is 13.2 Å². The smallest absolute Gasteiger partial charge is 0.329 e. The van der Waals surface area contributed by atoms with Gasteiger partial charge < -0.3 is 20.1 Å². The van der Waals surface area contributed by atoms with Crippen molar-refractivity contribution in [2.75, 3.05) is 25.1 Å². The second-order valence-electron chi connectivity index (χ2n) is 7.12. The van der Waals surface area contributed by atoms with Gasteiger partial charge in [-0.1, -0.05) is 41.1 Å². The first kappa shape index (κ1) is 24.3. The molecule has 33 heavy (non-hydrogen) atoms. The molecule has 0 saturated carbocycles. The molecule has 4 amide bonds. The first-order chi connectivity index (χ1) is 15.9. The molecule has 2 aromatic rings. The van der Waals surface area contributed by atoms with Crippen LogP contribution in [0.15, 0.2) is 46.6 Å². The predicted octanol–water partition coefficient (Wildman–Crippen LogP) is 4.34. The number of halogens is 1. The summed E-state index contributed by atoms with van der Waals surface area (Å²) in [6, 6.07) is 10.2. The van der Waals surface area contributed by atoms with Crippen molar-refractivity contribution in [2.45, 2.75) is 27.2 Å². The highest BCUT2D eigenvalue weighted by atomic mass is 79.9. The summed E-state index contributed by atoms with van der Waals surface area (Å²) in [5.41, 5.74) is 2.31. The molecule has 0 aromatic heterocycles. The van der Waals surface area contributed by atoms with E-state index in [1.54, 1.807) is 18.2 Å². The number of amides is 4. The van der Waals surface area contributed by atoms with Gasteiger partial charge in [-0.3, -0.25) is 9.59 Å². The van der Waals surface area contributed by atoms with Gasteiger partial charge in [0.25, 0.3) is 5.91 Å². The summed E-state index contributed by atoms with van der Waals surface area (Å²) < 4.78 is 11.9. The molecule has 9 heteroatoms. The van der Waals surface area contributed by atoms with E-state index < -0.39 is 24.4 Å². The van der Waals surface area contributed by atoms with Crippen LogP contribution >= 0.6 is 15.9 Å². The zero-order valence-electron chi connectivity index (χ0n) is 18.7. The number of hydrogen-bond acceptors (Lipinski definition) is 5. The van der Waals surface area contributed by atoms with Gasteiger partial charge in [-0.25, -0.2) is 9.69 Å². The van der Waals surface area contributed by atoms with E-state index in [9.17, 15) is 14.4 Å². The Balaban J connectivity index is 1.78. The van der Waals surface area contributed by atoms with Crippen LogP contribution in [0.5, 0.6) is 11.5 Å². The van der Waals surface area contributed by atoms with Gasteiger partial charge in [-0.15, -0.1) is 0 Å². The molecule has 3 rings (SSSR count). The Hall–Kier alpha value is -3.33. The topological polar surface area (TPSA) is 97.0 Å². The first-order valence-corrected chi connectivity index (χ1v) is 11.5. The molecule has 1 heterocycles. The summed E-state index contributed by atoms with van der Waals surface area (Å²) in [5.74, 6) is 0.0528. The van der Waals surface area contributed by atoms with E-state index in [2.05, 4.69) is 26.6 Å². The van der Waals surface area contributed by atoms with E-state index in [0.29, 0.717) is 40.4 Å². The fourth-order valence-corrected chi connectivity index (χ4v) is 3.79. The second kappa shape index (κ2) is 11.0. The lowest BCUT2D eigenvalue weighted by Gasteiger charge is -2.14. The van der Waals surface area contributed by atoms with Gasteiger partial charge in [0, 0.05) is 10.2 Å². The Bertz CT molecular complexity index is 1100. The second-order valence-corrected chi connectivity index (χ2v) is 7.98. The van der Waals surface area contributed by atoms with E-state index in [0.717, 1.165) is 16.9 Å². The van der Waals surface area contributed by atoms with Crippen molar-refractivity contribution in [2.24, 2.45) is 0 Å². The molecule has 0 unspecified atom stereocenters. The molecule has 0 radical (unpaired) electrons. The lowest BCUT2D eigenvalue weighted by atomic mass is 10.1. The number of aryl methyl sites for hydroxylation is 1. The van der Waals surface area contributed by atoms with Gasteiger partial charge in [0.1, 0.15) is 12.2 Å². The minimum atomic E-state index is -0.655. The molecule has 0 spiro atoms. The molecule has 0 bridgehead atoms. The average molecular weight is 516 g/mol. The number of carbonyl (C=O) groups is 3. The SMILES string of the molecule is CCOc1cc(Br)c(/C=C2/NC(=O)N(CC(=O)Nc3ccccc3CC)C2=O)cc1OCC. The number of carbonyl (C=O) groups excluding carboxylic acids is 3. The Morgan fingerprint density at radius 2 is 1.76 bits per heavy atom. The van der Waals surface area contributed by atoms with Gasteiger partial charge >= 0.3 is 6.03 Å². The van der Waals surface area contributed by atoms with Crippen LogP contribution in [0.25, 0.3) is 6.08 Å². The molecule has 1 aliphatic rings. The third-order valence-corrected chi connectivity index (χ3v) is 5.59. The van der Waals surface area contributed by atoms with Crippen molar-refractivity contribution in [1.82, 2.24) is 10.2 Å². The van der Waals surface area contributed by atoms with Gasteiger partial charge in [0.15, 0.2) is 11.5 Å². The molecular formula is C24H26BrN3O5. The maximum Gasteiger partial charge on any atom is 0.329 e. The fourth-order valence-electron chi connectivity index (χ4n) is 3.35. The quantitative estimate of drug-likeness (QED) is 0.382. The van der Waals surface area contributed by atoms with Crippen LogP contribution in [0.3, 0.4) is 0 Å². The molecule has 0 aliphatic carbocycles. The summed E-state index contributed by atoms with van der Waals surface area (Å²) in [7, 11) is 0. The lowest BCUT2D eigenvalue weighted by molar-refractivity contribution is -0.127. The van der Waals surface area contributed by atoms with Crippen molar-refractivity contribution >= 4 is 45.5 Å². The Labute approximate surface area is 201 Å². The monoisotopic (exact) mass is 515 g/mol. The molecule has 1 fully saturated rings. The van der Waals surface area contributed by atoms with Crippen LogP contribution < -0.4 is 20.1 Å². The van der Waals surface area contributed by atoms with Crippen molar-refractivity contribution in [1.29, 1.82) is 0 Å². The number of para-hydroxylation sites is 1. The van der Waals surface area contributed by atoms with Gasteiger partial charge in [0.2, 0.25) is 5.91 Å². The zero-order valence-corrected chi connectivity index (χ0v) is 20.3. The van der Waals surface area contributed by atoms with E-state index in [4.69, 9.17) is 9.47 Å². The maximum absolute atomic E-state index is 12.8. The Morgan fingerprint density at radius 3 is 2.42 bits per heavy atom. The minimum absolute atomic E-state index is 0.0640. The number of ether oxygens (including phenoxy) is 2. The van der Waals surface area contributed by atoms with Gasteiger partial charge in [-0.05, 0) is 55.7 Å². The van der Waals surface area contributed by atoms with Crippen molar-refractivity contribution in [3.8, 4) is 11.5 Å². The summed E-state index contributed by atoms with van der Waals surface area (Å²) in [5, 5.41) is 5.31. The third kappa shape index (κ3) is 5.73. The molecule has 174 valence electrons. The highest BCUT2D eigenvalue weighted by molar-refractivity contribution is 9.10. The lowest BCUT2D eigenvalue weighted by Crippen LogP contribution is -2.38. The minimum Gasteiger partial charge on any atom is -0.490 e. The molecule has 2 N–H and O–H groups in total. The maximum atomic E-state index is 12.8. The van der Waals surface area contributed by atoms with Crippen LogP contribution in [0.2, 0.25) is 0 Å². The van der Waals surface area contributed by atoms with Crippen molar-refractivity contribution in [3.05, 3.63) is 57.7 Å². The molecular weight excluding hydrogens is 490 g/mol. The number of anilines is 1. The molecule has 2 aromatic carbocycles. The number of benzene rings is 2. The van der Waals surface area contributed by atoms with Crippen LogP contribution in [0, 0.1) is 0 Å². The predicted molar refractivity (Wildman–Crippen MR) is 129 cm³/mol. The molecule has 0 atom stereocenters. The van der Waals surface area contributed by atoms with Crippen LogP contribution in [0.4, 0.5) is 10.5 Å². The van der Waals surface area contributed by atoms with Gasteiger partial charge in [-0.2, -0.15) is 0 Å². The third-order valence-electron chi connectivity index (χ3n) is 4.90. The Kier molecular flexibility index (Phi) is 8.11. The number of imide groups is 1. The highest BCUT2D eigenvalue weighted by Crippen LogP contribution is 2.35. The van der Waals surface area contributed by atoms with E-state index in [1.807, 2.05) is 39.0 Å². The normalized spacial score (nSPS) is 14.4. The molecule has 1 aliphatic heterocycles. The van der Waals surface area contributed by atoms with E-state index >= 15 is 0 Å². The largest absolute Gasteiger partial charge is 0.490 e. The standard InChI is InChI=1S/C24H26BrN3O5/c1-4-15-9-7-8-10-18(15)26-22(29)14-28-23(30)19(27-24(28)31)11-16-12-20(32-5-2)21(33-6-3)13-17(16)25/h7-13H,4-6,14H2,1-3H3,(H,26,29)(H,27,31)/b19-11+. The number of nitrogens with one attached hydrogen (secondary N) is 2. The summed E-state index contributed by atoms with van der Waals surface area (Å²) in [6.07, 6.45) is 2.28. The zero-order chi connectivity index (χ0) is 24.0. The number of urea groups is 1. The van der Waals surface area contributed by atoms with E-state index in [-0.39, 0.29) is 5.70 Å². The van der Waals surface area contributed by atoms with E-state index in [1.165, 1.54) is 6.08 Å². The summed E-state index contributed by atoms with van der Waals surface area (Å²) >= 11 is 3.47. The van der Waals surface area contributed by atoms with Crippen LogP contribution in [0.1, 0.15) is 31.9 Å². The Morgan fingerprint density at radius 1 is 1.09 bits per heavy atom.